The average Bonchev–Trinajstić information content (AvgIpc) is 2.74. The Morgan fingerprint density at radius 1 is 1.50 bits per heavy atom. The van der Waals surface area contributed by atoms with E-state index in [1.54, 1.807) is 0 Å². The second-order valence-corrected chi connectivity index (χ2v) is 5.09. The highest BCUT2D eigenvalue weighted by atomic mass is 35.5. The van der Waals surface area contributed by atoms with Gasteiger partial charge in [-0.2, -0.15) is 0 Å². The Labute approximate surface area is 90.4 Å². The first-order valence-corrected chi connectivity index (χ1v) is 6.12. The summed E-state index contributed by atoms with van der Waals surface area (Å²) in [6.07, 6.45) is 4.57. The van der Waals surface area contributed by atoms with Crippen LogP contribution in [0.2, 0.25) is 0 Å². The lowest BCUT2D eigenvalue weighted by Crippen LogP contribution is -2.39. The number of alkyl halides is 1. The second kappa shape index (κ2) is 4.09. The molecule has 1 N–H and O–H groups in total. The smallest absolute Gasteiger partial charge is 0.223 e. The van der Waals surface area contributed by atoms with Crippen LogP contribution in [-0.4, -0.2) is 17.8 Å². The molecule has 0 aromatic rings. The minimum absolute atomic E-state index is 0.263. The van der Waals surface area contributed by atoms with Gasteiger partial charge >= 0.3 is 0 Å². The molecule has 0 spiro atoms. The first-order chi connectivity index (χ1) is 6.72. The summed E-state index contributed by atoms with van der Waals surface area (Å²) in [4.78, 5) is 11.7. The molecular formula is C11H18ClNO. The van der Waals surface area contributed by atoms with Gasteiger partial charge in [-0.05, 0) is 31.1 Å². The fourth-order valence-corrected chi connectivity index (χ4v) is 2.76. The monoisotopic (exact) mass is 215 g/mol. The topological polar surface area (TPSA) is 29.1 Å². The average molecular weight is 216 g/mol. The molecule has 4 unspecified atom stereocenters. The Kier molecular flexibility index (Phi) is 3.01. The molecule has 2 saturated carbocycles. The maximum absolute atomic E-state index is 11.7. The quantitative estimate of drug-likeness (QED) is 0.719. The highest BCUT2D eigenvalue weighted by Gasteiger charge is 2.40. The summed E-state index contributed by atoms with van der Waals surface area (Å²) in [5, 5.41) is 3.15. The molecule has 0 heterocycles. The maximum Gasteiger partial charge on any atom is 0.223 e. The predicted octanol–water partition coefficient (Wildman–Crippen LogP) is 2.17. The zero-order valence-corrected chi connectivity index (χ0v) is 9.39. The first-order valence-electron chi connectivity index (χ1n) is 5.58. The molecule has 0 aromatic heterocycles. The number of hydrogen-bond donors (Lipinski definition) is 1. The van der Waals surface area contributed by atoms with Gasteiger partial charge < -0.3 is 5.32 Å². The lowest BCUT2D eigenvalue weighted by atomic mass is 10.1. The van der Waals surface area contributed by atoms with Crippen molar-refractivity contribution < 1.29 is 4.79 Å². The van der Waals surface area contributed by atoms with E-state index in [1.807, 2.05) is 0 Å². The zero-order chi connectivity index (χ0) is 10.1. The third-order valence-electron chi connectivity index (χ3n) is 3.63. The van der Waals surface area contributed by atoms with Crippen LogP contribution in [0, 0.1) is 17.8 Å². The van der Waals surface area contributed by atoms with Gasteiger partial charge in [0.1, 0.15) is 0 Å². The van der Waals surface area contributed by atoms with E-state index < -0.39 is 0 Å². The van der Waals surface area contributed by atoms with E-state index in [4.69, 9.17) is 11.6 Å². The van der Waals surface area contributed by atoms with E-state index in [9.17, 15) is 4.79 Å². The van der Waals surface area contributed by atoms with Gasteiger partial charge in [0.15, 0.2) is 0 Å². The molecule has 2 aliphatic rings. The molecule has 2 fully saturated rings. The molecule has 0 aliphatic heterocycles. The van der Waals surface area contributed by atoms with Crippen LogP contribution in [0.5, 0.6) is 0 Å². The Morgan fingerprint density at radius 3 is 2.79 bits per heavy atom. The second-order valence-electron chi connectivity index (χ2n) is 4.78. The fourth-order valence-electron chi connectivity index (χ4n) is 2.39. The molecule has 3 heteroatoms. The van der Waals surface area contributed by atoms with Crippen molar-refractivity contribution in [3.8, 4) is 0 Å². The van der Waals surface area contributed by atoms with Gasteiger partial charge in [0, 0.05) is 17.8 Å². The molecule has 0 radical (unpaired) electrons. The number of carbonyl (C=O) groups excluding carboxylic acids is 1. The van der Waals surface area contributed by atoms with Crippen molar-refractivity contribution in [2.75, 3.05) is 5.88 Å². The highest BCUT2D eigenvalue weighted by molar-refractivity contribution is 6.18. The van der Waals surface area contributed by atoms with E-state index in [-0.39, 0.29) is 5.91 Å². The third-order valence-corrected chi connectivity index (χ3v) is 4.03. The van der Waals surface area contributed by atoms with Crippen molar-refractivity contribution in [1.29, 1.82) is 0 Å². The molecule has 80 valence electrons. The van der Waals surface area contributed by atoms with Gasteiger partial charge in [-0.25, -0.2) is 0 Å². The Bertz CT molecular complexity index is 231. The molecule has 4 atom stereocenters. The van der Waals surface area contributed by atoms with E-state index in [1.165, 1.54) is 12.8 Å². The molecule has 0 bridgehead atoms. The Hall–Kier alpha value is -0.240. The van der Waals surface area contributed by atoms with Crippen molar-refractivity contribution in [2.45, 2.75) is 38.6 Å². The van der Waals surface area contributed by atoms with Crippen LogP contribution < -0.4 is 5.32 Å². The Morgan fingerprint density at radius 2 is 2.21 bits per heavy atom. The van der Waals surface area contributed by atoms with Crippen molar-refractivity contribution in [3.05, 3.63) is 0 Å². The first kappa shape index (κ1) is 10.3. The van der Waals surface area contributed by atoms with Crippen LogP contribution in [0.25, 0.3) is 0 Å². The van der Waals surface area contributed by atoms with Gasteiger partial charge in [0.05, 0.1) is 0 Å². The third kappa shape index (κ3) is 2.05. The molecule has 2 rings (SSSR count). The van der Waals surface area contributed by atoms with E-state index >= 15 is 0 Å². The minimum atomic E-state index is 0.263. The van der Waals surface area contributed by atoms with Gasteiger partial charge in [-0.3, -0.25) is 4.79 Å². The Balaban J connectivity index is 1.81. The van der Waals surface area contributed by atoms with Crippen LogP contribution in [-0.2, 0) is 4.79 Å². The lowest BCUT2D eigenvalue weighted by Gasteiger charge is -2.18. The summed E-state index contributed by atoms with van der Waals surface area (Å²) in [5.41, 5.74) is 0. The normalized spacial score (nSPS) is 41.0. The molecule has 14 heavy (non-hydrogen) atoms. The summed E-state index contributed by atoms with van der Waals surface area (Å²) in [6, 6.07) is 0.354. The van der Waals surface area contributed by atoms with E-state index in [0.29, 0.717) is 29.7 Å². The number of hydrogen-bond acceptors (Lipinski definition) is 1. The van der Waals surface area contributed by atoms with Crippen molar-refractivity contribution in [1.82, 2.24) is 5.32 Å². The van der Waals surface area contributed by atoms with Crippen LogP contribution in [0.3, 0.4) is 0 Å². The van der Waals surface area contributed by atoms with Crippen LogP contribution in [0.15, 0.2) is 0 Å². The highest BCUT2D eigenvalue weighted by Crippen LogP contribution is 2.38. The number of carbonyl (C=O) groups is 1. The maximum atomic E-state index is 11.7. The van der Waals surface area contributed by atoms with Crippen molar-refractivity contribution >= 4 is 17.5 Å². The van der Waals surface area contributed by atoms with Crippen molar-refractivity contribution in [2.24, 2.45) is 17.8 Å². The number of halogens is 1. The SMILES string of the molecule is CC1CC1C(=O)NC1CCCC1CCl. The molecule has 2 aliphatic carbocycles. The van der Waals surface area contributed by atoms with Gasteiger partial charge in [-0.1, -0.05) is 13.3 Å². The molecule has 2 nitrogen and oxygen atoms in total. The molecular weight excluding hydrogens is 198 g/mol. The van der Waals surface area contributed by atoms with E-state index in [2.05, 4.69) is 12.2 Å². The minimum Gasteiger partial charge on any atom is -0.353 e. The van der Waals surface area contributed by atoms with Gasteiger partial charge in [0.2, 0.25) is 5.91 Å². The van der Waals surface area contributed by atoms with Gasteiger partial charge in [-0.15, -0.1) is 11.6 Å². The summed E-state index contributed by atoms with van der Waals surface area (Å²) in [6.45, 7) is 2.14. The zero-order valence-electron chi connectivity index (χ0n) is 8.63. The number of amides is 1. The summed E-state index contributed by atoms with van der Waals surface area (Å²) < 4.78 is 0. The van der Waals surface area contributed by atoms with Crippen LogP contribution in [0.4, 0.5) is 0 Å². The number of rotatable bonds is 3. The van der Waals surface area contributed by atoms with E-state index in [0.717, 1.165) is 12.8 Å². The molecule has 0 aromatic carbocycles. The predicted molar refractivity (Wildman–Crippen MR) is 57.3 cm³/mol. The van der Waals surface area contributed by atoms with Crippen LogP contribution in [0.1, 0.15) is 32.6 Å². The molecule has 1 amide bonds. The summed E-state index contributed by atoms with van der Waals surface area (Å²) in [7, 11) is 0. The van der Waals surface area contributed by atoms with Crippen molar-refractivity contribution in [3.63, 3.8) is 0 Å². The standard InChI is InChI=1S/C11H18ClNO/c1-7-5-9(7)11(14)13-10-4-2-3-8(10)6-12/h7-10H,2-6H2,1H3,(H,13,14). The summed E-state index contributed by atoms with van der Waals surface area (Å²) >= 11 is 5.86. The lowest BCUT2D eigenvalue weighted by molar-refractivity contribution is -0.123. The number of nitrogens with one attached hydrogen (secondary N) is 1. The largest absolute Gasteiger partial charge is 0.353 e. The fraction of sp³-hybridized carbons (Fsp3) is 0.909. The van der Waals surface area contributed by atoms with Crippen LogP contribution >= 0.6 is 11.6 Å². The summed E-state index contributed by atoms with van der Waals surface area (Å²) in [5.74, 6) is 2.36. The van der Waals surface area contributed by atoms with Gasteiger partial charge in [0.25, 0.3) is 0 Å². The molecule has 0 saturated heterocycles.